The van der Waals surface area contributed by atoms with E-state index in [1.807, 2.05) is 0 Å². The van der Waals surface area contributed by atoms with Crippen molar-refractivity contribution in [2.24, 2.45) is 4.99 Å². The average molecular weight is 219 g/mol. The number of benzene rings is 1. The van der Waals surface area contributed by atoms with Crippen molar-refractivity contribution in [1.29, 1.82) is 0 Å². The third-order valence-electron chi connectivity index (χ3n) is 3.18. The lowest BCUT2D eigenvalue weighted by Crippen LogP contribution is -2.19. The van der Waals surface area contributed by atoms with Gasteiger partial charge in [-0.25, -0.2) is 4.79 Å². The Morgan fingerprint density at radius 3 is 2.25 bits per heavy atom. The van der Waals surface area contributed by atoms with Gasteiger partial charge >= 0.3 is 0 Å². The molecule has 84 valence electrons. The van der Waals surface area contributed by atoms with Crippen LogP contribution in [0.15, 0.2) is 23.2 Å². The number of nitrogens with zero attached hydrogens (tertiary/aromatic N) is 1. The highest BCUT2D eigenvalue weighted by Gasteiger charge is 2.39. The van der Waals surface area contributed by atoms with Crippen LogP contribution in [0.4, 0.5) is 0 Å². The highest BCUT2D eigenvalue weighted by Crippen LogP contribution is 2.48. The topological polar surface area (TPSA) is 69.9 Å². The van der Waals surface area contributed by atoms with E-state index in [1.165, 1.54) is 12.1 Å². The van der Waals surface area contributed by atoms with E-state index >= 15 is 0 Å². The quantitative estimate of drug-likeness (QED) is 0.591. The zero-order valence-corrected chi connectivity index (χ0v) is 8.81. The van der Waals surface area contributed by atoms with Crippen LogP contribution in [0.3, 0.4) is 0 Å². The molecule has 0 saturated heterocycles. The van der Waals surface area contributed by atoms with Crippen molar-refractivity contribution in [2.75, 3.05) is 0 Å². The van der Waals surface area contributed by atoms with E-state index in [-0.39, 0.29) is 11.5 Å². The number of hydrogen-bond acceptors (Lipinski definition) is 4. The number of phenols is 2. The molecule has 1 aliphatic rings. The molecule has 2 rings (SSSR count). The van der Waals surface area contributed by atoms with E-state index in [0.29, 0.717) is 18.4 Å². The van der Waals surface area contributed by atoms with E-state index < -0.39 is 5.54 Å². The summed E-state index contributed by atoms with van der Waals surface area (Å²) in [4.78, 5) is 14.3. The first kappa shape index (κ1) is 10.7. The summed E-state index contributed by atoms with van der Waals surface area (Å²) in [6.07, 6.45) is 4.74. The third-order valence-corrected chi connectivity index (χ3v) is 3.18. The smallest absolute Gasteiger partial charge is 0.235 e. The fourth-order valence-corrected chi connectivity index (χ4v) is 2.47. The number of aliphatic imine (C=N–C) groups is 1. The first-order valence-corrected chi connectivity index (χ1v) is 5.30. The van der Waals surface area contributed by atoms with Gasteiger partial charge in [0.05, 0.1) is 5.56 Å². The third kappa shape index (κ3) is 1.57. The minimum Gasteiger partial charge on any atom is -0.507 e. The molecule has 0 atom stereocenters. The maximum absolute atomic E-state index is 10.5. The van der Waals surface area contributed by atoms with Gasteiger partial charge in [0, 0.05) is 0 Å². The largest absolute Gasteiger partial charge is 0.507 e. The Labute approximate surface area is 93.3 Å². The molecular formula is C12H13NO3. The molecule has 2 N–H and O–H groups in total. The standard InChI is InChI=1S/C12H13NO3/c14-8-13-12(6-1-2-7-12)11-9(15)4-3-5-10(11)16/h3-5,15-16H,1-2,6-7H2. The van der Waals surface area contributed by atoms with Gasteiger partial charge < -0.3 is 10.2 Å². The van der Waals surface area contributed by atoms with E-state index in [0.717, 1.165) is 12.8 Å². The Morgan fingerprint density at radius 1 is 1.19 bits per heavy atom. The monoisotopic (exact) mass is 219 g/mol. The van der Waals surface area contributed by atoms with Crippen molar-refractivity contribution < 1.29 is 15.0 Å². The average Bonchev–Trinajstić information content (AvgIpc) is 2.67. The fraction of sp³-hybridized carbons (Fsp3) is 0.417. The van der Waals surface area contributed by atoms with Crippen LogP contribution in [0, 0.1) is 0 Å². The Balaban J connectivity index is 2.59. The summed E-state index contributed by atoms with van der Waals surface area (Å²) in [7, 11) is 0. The zero-order valence-electron chi connectivity index (χ0n) is 8.81. The molecular weight excluding hydrogens is 206 g/mol. The molecule has 0 radical (unpaired) electrons. The molecule has 0 aliphatic heterocycles. The van der Waals surface area contributed by atoms with E-state index in [2.05, 4.69) is 4.99 Å². The van der Waals surface area contributed by atoms with Gasteiger partial charge in [0.1, 0.15) is 17.0 Å². The summed E-state index contributed by atoms with van der Waals surface area (Å²) in [6, 6.07) is 4.55. The molecule has 1 fully saturated rings. The van der Waals surface area contributed by atoms with Gasteiger partial charge in [-0.2, -0.15) is 4.99 Å². The van der Waals surface area contributed by atoms with Gasteiger partial charge in [-0.15, -0.1) is 0 Å². The molecule has 4 nitrogen and oxygen atoms in total. The molecule has 0 amide bonds. The fourth-order valence-electron chi connectivity index (χ4n) is 2.47. The van der Waals surface area contributed by atoms with Crippen molar-refractivity contribution in [3.8, 4) is 11.5 Å². The van der Waals surface area contributed by atoms with Gasteiger partial charge in [0.25, 0.3) is 0 Å². The van der Waals surface area contributed by atoms with Crippen molar-refractivity contribution in [2.45, 2.75) is 31.2 Å². The number of isocyanates is 1. The van der Waals surface area contributed by atoms with Crippen molar-refractivity contribution in [1.82, 2.24) is 0 Å². The maximum atomic E-state index is 10.5. The predicted octanol–water partition coefficient (Wildman–Crippen LogP) is 2.20. The Kier molecular flexibility index (Phi) is 2.67. The Bertz CT molecular complexity index is 423. The number of rotatable bonds is 2. The minimum absolute atomic E-state index is 0.0131. The second-order valence-electron chi connectivity index (χ2n) is 4.11. The second-order valence-corrected chi connectivity index (χ2v) is 4.11. The molecule has 0 bridgehead atoms. The van der Waals surface area contributed by atoms with Crippen LogP contribution in [0.5, 0.6) is 11.5 Å². The molecule has 0 heterocycles. The van der Waals surface area contributed by atoms with Crippen LogP contribution in [-0.4, -0.2) is 16.3 Å². The van der Waals surface area contributed by atoms with Gasteiger partial charge in [0.2, 0.25) is 6.08 Å². The molecule has 4 heteroatoms. The summed E-state index contributed by atoms with van der Waals surface area (Å²) < 4.78 is 0. The lowest BCUT2D eigenvalue weighted by molar-refractivity contribution is 0.378. The van der Waals surface area contributed by atoms with Crippen LogP contribution >= 0.6 is 0 Å². The van der Waals surface area contributed by atoms with Gasteiger partial charge in [-0.1, -0.05) is 18.9 Å². The Hall–Kier alpha value is -1.80. The van der Waals surface area contributed by atoms with Crippen molar-refractivity contribution in [3.63, 3.8) is 0 Å². The van der Waals surface area contributed by atoms with Crippen LogP contribution in [-0.2, 0) is 10.3 Å². The lowest BCUT2D eigenvalue weighted by Gasteiger charge is -2.24. The highest BCUT2D eigenvalue weighted by atomic mass is 16.3. The van der Waals surface area contributed by atoms with Crippen LogP contribution in [0.1, 0.15) is 31.2 Å². The summed E-state index contributed by atoms with van der Waals surface area (Å²) >= 11 is 0. The van der Waals surface area contributed by atoms with Crippen LogP contribution in [0.25, 0.3) is 0 Å². The first-order chi connectivity index (χ1) is 7.69. The van der Waals surface area contributed by atoms with Crippen LogP contribution < -0.4 is 0 Å². The maximum Gasteiger partial charge on any atom is 0.235 e. The summed E-state index contributed by atoms with van der Waals surface area (Å²) in [5.41, 5.74) is -0.423. The van der Waals surface area contributed by atoms with E-state index in [1.54, 1.807) is 12.1 Å². The molecule has 0 spiro atoms. The predicted molar refractivity (Wildman–Crippen MR) is 58.0 cm³/mol. The second kappa shape index (κ2) is 3.99. The molecule has 0 unspecified atom stereocenters. The SMILES string of the molecule is O=C=NC1(c2c(O)cccc2O)CCCC1. The van der Waals surface area contributed by atoms with E-state index in [9.17, 15) is 15.0 Å². The van der Waals surface area contributed by atoms with Gasteiger partial charge in [0.15, 0.2) is 0 Å². The molecule has 1 saturated carbocycles. The van der Waals surface area contributed by atoms with Crippen LogP contribution in [0.2, 0.25) is 0 Å². The van der Waals surface area contributed by atoms with Gasteiger partial charge in [-0.05, 0) is 25.0 Å². The number of aromatic hydroxyl groups is 2. The van der Waals surface area contributed by atoms with E-state index in [4.69, 9.17) is 0 Å². The van der Waals surface area contributed by atoms with Crippen molar-refractivity contribution >= 4 is 6.08 Å². The molecule has 1 aromatic carbocycles. The van der Waals surface area contributed by atoms with Crippen molar-refractivity contribution in [3.05, 3.63) is 23.8 Å². The molecule has 1 aliphatic carbocycles. The minimum atomic E-state index is -0.781. The molecule has 0 aromatic heterocycles. The summed E-state index contributed by atoms with van der Waals surface area (Å²) in [5, 5.41) is 19.6. The summed E-state index contributed by atoms with van der Waals surface area (Å²) in [6.45, 7) is 0. The highest BCUT2D eigenvalue weighted by molar-refractivity contribution is 5.50. The lowest BCUT2D eigenvalue weighted by atomic mass is 9.87. The zero-order chi connectivity index (χ0) is 11.6. The van der Waals surface area contributed by atoms with Gasteiger partial charge in [-0.3, -0.25) is 0 Å². The first-order valence-electron chi connectivity index (χ1n) is 5.30. The number of carbonyl (C=O) groups excluding carboxylic acids is 1. The molecule has 1 aromatic rings. The Morgan fingerprint density at radius 2 is 1.75 bits per heavy atom. The molecule has 16 heavy (non-hydrogen) atoms. The number of hydrogen-bond donors (Lipinski definition) is 2. The number of phenolic OH excluding ortho intramolecular Hbond substituents is 2. The normalized spacial score (nSPS) is 18.0. The summed E-state index contributed by atoms with van der Waals surface area (Å²) in [5.74, 6) is -0.0261.